The quantitative estimate of drug-likeness (QED) is 0.765. The molecule has 22 heavy (non-hydrogen) atoms. The van der Waals surface area contributed by atoms with Crippen molar-refractivity contribution in [3.8, 4) is 0 Å². The molecule has 0 saturated heterocycles. The van der Waals surface area contributed by atoms with Crippen molar-refractivity contribution in [1.82, 2.24) is 0 Å². The minimum Gasteiger partial charge on any atom is -0.381 e. The summed E-state index contributed by atoms with van der Waals surface area (Å²) in [6.07, 6.45) is 0.381. The maximum atomic E-state index is 13.1. The van der Waals surface area contributed by atoms with E-state index in [0.717, 1.165) is 16.8 Å². The Kier molecular flexibility index (Phi) is 4.78. The Hall–Kier alpha value is -2.40. The zero-order chi connectivity index (χ0) is 16.2. The zero-order valence-electron chi connectivity index (χ0n) is 12.5. The standard InChI is InChI=1S/C17H20FN3O/c1-17(20,16(19)22)10-12-5-7-15(8-6-12)21-11-13-3-2-4-14(18)9-13/h2-9,21H,10-11,20H2,1H3,(H2,19,22). The monoisotopic (exact) mass is 301 g/mol. The molecule has 5 N–H and O–H groups in total. The summed E-state index contributed by atoms with van der Waals surface area (Å²) >= 11 is 0. The van der Waals surface area contributed by atoms with Gasteiger partial charge in [0.25, 0.3) is 0 Å². The molecule has 4 nitrogen and oxygen atoms in total. The fourth-order valence-electron chi connectivity index (χ4n) is 2.10. The van der Waals surface area contributed by atoms with Gasteiger partial charge in [0.15, 0.2) is 0 Å². The Morgan fingerprint density at radius 3 is 2.45 bits per heavy atom. The lowest BCUT2D eigenvalue weighted by atomic mass is 9.93. The van der Waals surface area contributed by atoms with Crippen molar-refractivity contribution in [2.75, 3.05) is 5.32 Å². The molecular weight excluding hydrogens is 281 g/mol. The first-order valence-electron chi connectivity index (χ1n) is 7.03. The first-order valence-corrected chi connectivity index (χ1v) is 7.03. The normalized spacial score (nSPS) is 13.4. The van der Waals surface area contributed by atoms with E-state index in [1.54, 1.807) is 13.0 Å². The molecule has 0 heterocycles. The molecule has 0 spiro atoms. The van der Waals surface area contributed by atoms with Gasteiger partial charge in [-0.1, -0.05) is 24.3 Å². The molecule has 116 valence electrons. The second-order valence-corrected chi connectivity index (χ2v) is 5.64. The molecule has 0 aliphatic rings. The summed E-state index contributed by atoms with van der Waals surface area (Å²) in [4.78, 5) is 11.2. The third-order valence-corrected chi connectivity index (χ3v) is 3.47. The summed E-state index contributed by atoms with van der Waals surface area (Å²) in [5.74, 6) is -0.774. The minimum atomic E-state index is -1.06. The number of carbonyl (C=O) groups is 1. The lowest BCUT2D eigenvalue weighted by molar-refractivity contribution is -0.122. The number of amides is 1. The fraction of sp³-hybridized carbons (Fsp3) is 0.235. The number of nitrogens with one attached hydrogen (secondary N) is 1. The van der Waals surface area contributed by atoms with Gasteiger partial charge in [0.1, 0.15) is 5.82 Å². The van der Waals surface area contributed by atoms with Gasteiger partial charge in [-0.3, -0.25) is 4.79 Å². The van der Waals surface area contributed by atoms with Crippen LogP contribution in [0.25, 0.3) is 0 Å². The first-order chi connectivity index (χ1) is 10.4. The van der Waals surface area contributed by atoms with Gasteiger partial charge in [-0.2, -0.15) is 0 Å². The molecule has 0 aromatic heterocycles. The van der Waals surface area contributed by atoms with Crippen LogP contribution >= 0.6 is 0 Å². The van der Waals surface area contributed by atoms with Gasteiger partial charge in [0, 0.05) is 12.2 Å². The highest BCUT2D eigenvalue weighted by molar-refractivity contribution is 5.84. The van der Waals surface area contributed by atoms with Crippen molar-refractivity contribution in [2.24, 2.45) is 11.5 Å². The zero-order valence-corrected chi connectivity index (χ0v) is 12.5. The van der Waals surface area contributed by atoms with Crippen molar-refractivity contribution in [1.29, 1.82) is 0 Å². The summed E-state index contributed by atoms with van der Waals surface area (Å²) < 4.78 is 13.1. The van der Waals surface area contributed by atoms with E-state index < -0.39 is 11.4 Å². The summed E-state index contributed by atoms with van der Waals surface area (Å²) in [6.45, 7) is 2.15. The van der Waals surface area contributed by atoms with Crippen LogP contribution in [0.3, 0.4) is 0 Å². The second-order valence-electron chi connectivity index (χ2n) is 5.64. The first kappa shape index (κ1) is 16.0. The molecule has 1 amide bonds. The Morgan fingerprint density at radius 1 is 1.18 bits per heavy atom. The summed E-state index contributed by atoms with van der Waals surface area (Å²) in [7, 11) is 0. The van der Waals surface area contributed by atoms with Gasteiger partial charge < -0.3 is 16.8 Å². The number of nitrogens with two attached hydrogens (primary N) is 2. The highest BCUT2D eigenvalue weighted by Gasteiger charge is 2.25. The van der Waals surface area contributed by atoms with E-state index in [2.05, 4.69) is 5.32 Å². The maximum absolute atomic E-state index is 13.1. The van der Waals surface area contributed by atoms with Crippen LogP contribution in [0.5, 0.6) is 0 Å². The lowest BCUT2D eigenvalue weighted by Gasteiger charge is -2.20. The average molecular weight is 301 g/mol. The van der Waals surface area contributed by atoms with E-state index in [-0.39, 0.29) is 5.82 Å². The third-order valence-electron chi connectivity index (χ3n) is 3.47. The van der Waals surface area contributed by atoms with Gasteiger partial charge in [-0.15, -0.1) is 0 Å². The topological polar surface area (TPSA) is 81.1 Å². The Bertz CT molecular complexity index is 653. The molecule has 0 aliphatic heterocycles. The summed E-state index contributed by atoms with van der Waals surface area (Å²) in [5.41, 5.74) is 12.8. The molecule has 2 rings (SSSR count). The molecule has 1 unspecified atom stereocenters. The van der Waals surface area contributed by atoms with Gasteiger partial charge in [0.2, 0.25) is 5.91 Å². The molecular formula is C17H20FN3O. The highest BCUT2D eigenvalue weighted by Crippen LogP contribution is 2.15. The van der Waals surface area contributed by atoms with Gasteiger partial charge >= 0.3 is 0 Å². The van der Waals surface area contributed by atoms with E-state index in [1.807, 2.05) is 30.3 Å². The van der Waals surface area contributed by atoms with E-state index in [1.165, 1.54) is 12.1 Å². The van der Waals surface area contributed by atoms with Crippen LogP contribution in [0, 0.1) is 5.82 Å². The smallest absolute Gasteiger partial charge is 0.237 e. The van der Waals surface area contributed by atoms with Crippen molar-refractivity contribution < 1.29 is 9.18 Å². The van der Waals surface area contributed by atoms with Crippen LogP contribution in [-0.4, -0.2) is 11.4 Å². The number of primary amides is 1. The SMILES string of the molecule is CC(N)(Cc1ccc(NCc2cccc(F)c2)cc1)C(N)=O. The van der Waals surface area contributed by atoms with Gasteiger partial charge in [-0.25, -0.2) is 4.39 Å². The molecule has 0 saturated carbocycles. The summed E-state index contributed by atoms with van der Waals surface area (Å²) in [5, 5.41) is 3.21. The number of carbonyl (C=O) groups excluding carboxylic acids is 1. The number of hydrogen-bond donors (Lipinski definition) is 3. The Labute approximate surface area is 129 Å². The van der Waals surface area contributed by atoms with Crippen molar-refractivity contribution >= 4 is 11.6 Å². The molecule has 0 bridgehead atoms. The lowest BCUT2D eigenvalue weighted by Crippen LogP contribution is -2.51. The van der Waals surface area contributed by atoms with Crippen LogP contribution in [-0.2, 0) is 17.8 Å². The minimum absolute atomic E-state index is 0.247. The van der Waals surface area contributed by atoms with Crippen LogP contribution in [0.15, 0.2) is 48.5 Å². The Balaban J connectivity index is 1.96. The number of halogens is 1. The van der Waals surface area contributed by atoms with Crippen LogP contribution < -0.4 is 16.8 Å². The predicted molar refractivity (Wildman–Crippen MR) is 85.7 cm³/mol. The predicted octanol–water partition coefficient (Wildman–Crippen LogP) is 2.18. The van der Waals surface area contributed by atoms with Crippen LogP contribution in [0.1, 0.15) is 18.1 Å². The van der Waals surface area contributed by atoms with Crippen molar-refractivity contribution in [2.45, 2.75) is 25.4 Å². The van der Waals surface area contributed by atoms with Crippen molar-refractivity contribution in [3.05, 3.63) is 65.5 Å². The average Bonchev–Trinajstić information content (AvgIpc) is 2.46. The molecule has 0 fully saturated rings. The Morgan fingerprint density at radius 2 is 1.86 bits per heavy atom. The number of benzene rings is 2. The van der Waals surface area contributed by atoms with E-state index in [9.17, 15) is 9.18 Å². The molecule has 2 aromatic rings. The fourth-order valence-corrected chi connectivity index (χ4v) is 2.10. The summed E-state index contributed by atoms with van der Waals surface area (Å²) in [6, 6.07) is 14.0. The number of hydrogen-bond acceptors (Lipinski definition) is 3. The molecule has 0 radical (unpaired) electrons. The second kappa shape index (κ2) is 6.58. The van der Waals surface area contributed by atoms with E-state index >= 15 is 0 Å². The van der Waals surface area contributed by atoms with Gasteiger partial charge in [-0.05, 0) is 48.7 Å². The number of anilines is 1. The molecule has 0 aliphatic carbocycles. The van der Waals surface area contributed by atoms with E-state index in [0.29, 0.717) is 13.0 Å². The largest absolute Gasteiger partial charge is 0.381 e. The van der Waals surface area contributed by atoms with Crippen LogP contribution in [0.4, 0.5) is 10.1 Å². The van der Waals surface area contributed by atoms with Crippen LogP contribution in [0.2, 0.25) is 0 Å². The molecule has 5 heteroatoms. The maximum Gasteiger partial charge on any atom is 0.237 e. The molecule has 1 atom stereocenters. The third kappa shape index (κ3) is 4.30. The highest BCUT2D eigenvalue weighted by atomic mass is 19.1. The number of rotatable bonds is 6. The van der Waals surface area contributed by atoms with Crippen molar-refractivity contribution in [3.63, 3.8) is 0 Å². The van der Waals surface area contributed by atoms with E-state index in [4.69, 9.17) is 11.5 Å². The van der Waals surface area contributed by atoms with Gasteiger partial charge in [0.05, 0.1) is 5.54 Å². The molecule has 2 aromatic carbocycles.